The van der Waals surface area contributed by atoms with Crippen LogP contribution in [0.15, 0.2) is 78.9 Å². The topological polar surface area (TPSA) is 51.7 Å². The smallest absolute Gasteiger partial charge is 0.173 e. The van der Waals surface area contributed by atoms with Crippen molar-refractivity contribution < 1.29 is 14.3 Å². The average molecular weight is 454 g/mol. The van der Waals surface area contributed by atoms with E-state index in [0.717, 1.165) is 52.9 Å². The molecule has 4 heteroatoms. The Morgan fingerprint density at radius 3 is 2.62 bits per heavy atom. The fourth-order valence-corrected chi connectivity index (χ4v) is 3.84. The first-order valence-electron chi connectivity index (χ1n) is 11.9. The zero-order valence-corrected chi connectivity index (χ0v) is 20.1. The molecule has 0 amide bonds. The first-order valence-corrected chi connectivity index (χ1v) is 11.9. The Bertz CT molecular complexity index is 1280. The lowest BCUT2D eigenvalue weighted by atomic mass is 9.94. The van der Waals surface area contributed by atoms with Gasteiger partial charge in [0.25, 0.3) is 0 Å². The molecule has 0 bridgehead atoms. The van der Waals surface area contributed by atoms with Gasteiger partial charge in [0.15, 0.2) is 17.3 Å². The summed E-state index contributed by atoms with van der Waals surface area (Å²) in [5, 5.41) is 1.12. The number of ether oxygens (including phenoxy) is 2. The van der Waals surface area contributed by atoms with Crippen molar-refractivity contribution in [2.75, 3.05) is 0 Å². The summed E-state index contributed by atoms with van der Waals surface area (Å²) in [6.45, 7) is 6.58. The maximum absolute atomic E-state index is 12.6. The monoisotopic (exact) mass is 453 g/mol. The van der Waals surface area contributed by atoms with Crippen LogP contribution in [0.25, 0.3) is 10.9 Å². The number of rotatable bonds is 8. The fourth-order valence-electron chi connectivity index (χ4n) is 3.84. The predicted molar refractivity (Wildman–Crippen MR) is 137 cm³/mol. The van der Waals surface area contributed by atoms with Crippen molar-refractivity contribution in [2.24, 2.45) is 5.92 Å². The van der Waals surface area contributed by atoms with Crippen LogP contribution in [-0.2, 0) is 6.61 Å². The molecule has 1 atom stereocenters. The Hall–Kier alpha value is -3.66. The standard InChI is InChI=1S/C23H25NO2.C7H6O/c1-3-4-8-17(2)23(25)19-10-7-11-21(15-19)26-16-20-14-13-18-9-5-6-12-22(18)24-20;1-5-3-2-4-6-7(5)8-6/h5-7,9-15,17H,3-4,8,16H2,1-2H3;2-4H,1H3. The number of unbranched alkanes of at least 4 members (excludes halogenated alkanes) is 1. The number of benzene rings is 3. The van der Waals surface area contributed by atoms with E-state index in [1.165, 1.54) is 5.56 Å². The summed E-state index contributed by atoms with van der Waals surface area (Å²) in [6, 6.07) is 25.5. The van der Waals surface area contributed by atoms with Crippen molar-refractivity contribution in [3.63, 3.8) is 0 Å². The Morgan fingerprint density at radius 2 is 1.82 bits per heavy atom. The molecule has 2 heterocycles. The van der Waals surface area contributed by atoms with Crippen LogP contribution in [-0.4, -0.2) is 10.8 Å². The Kier molecular flexibility index (Phi) is 7.58. The second kappa shape index (κ2) is 11.0. The molecular formula is C30H31NO3. The number of hydrogen-bond acceptors (Lipinski definition) is 4. The zero-order chi connectivity index (χ0) is 23.9. The van der Waals surface area contributed by atoms with Crippen LogP contribution in [0, 0.1) is 12.8 Å². The van der Waals surface area contributed by atoms with Gasteiger partial charge in [-0.1, -0.05) is 75.2 Å². The quantitative estimate of drug-likeness (QED) is 0.177. The van der Waals surface area contributed by atoms with Crippen LogP contribution >= 0.6 is 0 Å². The maximum atomic E-state index is 12.6. The lowest BCUT2D eigenvalue weighted by Gasteiger charge is -2.11. The van der Waals surface area contributed by atoms with Gasteiger partial charge in [0.2, 0.25) is 0 Å². The molecule has 0 saturated carbocycles. The average Bonchev–Trinajstić information content (AvgIpc) is 3.67. The number of carbonyl (C=O) groups is 1. The van der Waals surface area contributed by atoms with E-state index in [-0.39, 0.29) is 11.7 Å². The third-order valence-corrected chi connectivity index (χ3v) is 5.95. The van der Waals surface area contributed by atoms with Gasteiger partial charge in [-0.2, -0.15) is 0 Å². The van der Waals surface area contributed by atoms with Gasteiger partial charge < -0.3 is 9.47 Å². The van der Waals surface area contributed by atoms with Crippen molar-refractivity contribution >= 4 is 16.7 Å². The van der Waals surface area contributed by atoms with E-state index in [4.69, 9.17) is 9.47 Å². The number of aromatic nitrogens is 1. The molecule has 34 heavy (non-hydrogen) atoms. The molecule has 1 unspecified atom stereocenters. The molecule has 5 rings (SSSR count). The second-order valence-electron chi connectivity index (χ2n) is 8.72. The molecule has 0 N–H and O–H groups in total. The number of nitrogens with zero attached hydrogens (tertiary/aromatic N) is 1. The number of pyridine rings is 1. The molecule has 4 aromatic rings. The van der Waals surface area contributed by atoms with Crippen LogP contribution in [0.1, 0.15) is 54.7 Å². The van der Waals surface area contributed by atoms with Gasteiger partial charge in [0, 0.05) is 16.9 Å². The molecule has 3 aromatic carbocycles. The van der Waals surface area contributed by atoms with Crippen LogP contribution < -0.4 is 9.47 Å². The third-order valence-electron chi connectivity index (χ3n) is 5.95. The second-order valence-corrected chi connectivity index (χ2v) is 8.72. The Balaban J connectivity index is 0.000000285. The summed E-state index contributed by atoms with van der Waals surface area (Å²) in [5.74, 6) is 3.06. The summed E-state index contributed by atoms with van der Waals surface area (Å²) in [4.78, 5) is 17.2. The SMILES string of the molecule is CCCCC(C)C(=O)c1cccc(OCc2ccc3ccccc3n2)c1.Cc1cccc2c1O2. The molecule has 0 radical (unpaired) electrons. The molecule has 1 aliphatic heterocycles. The first kappa shape index (κ1) is 23.5. The Morgan fingerprint density at radius 1 is 1.00 bits per heavy atom. The minimum atomic E-state index is 0.0485. The van der Waals surface area contributed by atoms with E-state index in [2.05, 4.69) is 18.0 Å². The molecule has 174 valence electrons. The van der Waals surface area contributed by atoms with Gasteiger partial charge in [0.05, 0.1) is 11.2 Å². The van der Waals surface area contributed by atoms with Crippen molar-refractivity contribution in [3.05, 3.63) is 95.7 Å². The third kappa shape index (κ3) is 6.02. The largest absolute Gasteiger partial charge is 0.487 e. The minimum absolute atomic E-state index is 0.0485. The van der Waals surface area contributed by atoms with E-state index in [9.17, 15) is 4.79 Å². The van der Waals surface area contributed by atoms with E-state index >= 15 is 0 Å². The van der Waals surface area contributed by atoms with Gasteiger partial charge in [-0.05, 0) is 49.2 Å². The highest BCUT2D eigenvalue weighted by molar-refractivity contribution is 5.97. The van der Waals surface area contributed by atoms with Crippen molar-refractivity contribution in [2.45, 2.75) is 46.6 Å². The van der Waals surface area contributed by atoms with Crippen LogP contribution in [0.4, 0.5) is 0 Å². The van der Waals surface area contributed by atoms with Crippen LogP contribution in [0.3, 0.4) is 0 Å². The van der Waals surface area contributed by atoms with Crippen molar-refractivity contribution in [3.8, 4) is 17.2 Å². The van der Waals surface area contributed by atoms with Gasteiger partial charge >= 0.3 is 0 Å². The summed E-state index contributed by atoms with van der Waals surface area (Å²) >= 11 is 0. The van der Waals surface area contributed by atoms with E-state index < -0.39 is 0 Å². The maximum Gasteiger partial charge on any atom is 0.173 e. The number of ketones is 1. The molecule has 0 saturated heterocycles. The number of para-hydroxylation sites is 2. The summed E-state index contributed by atoms with van der Waals surface area (Å²) in [6.07, 6.45) is 3.12. The Labute approximate surface area is 201 Å². The molecule has 1 aliphatic rings. The summed E-state index contributed by atoms with van der Waals surface area (Å²) in [7, 11) is 0. The number of carbonyl (C=O) groups excluding carboxylic acids is 1. The van der Waals surface area contributed by atoms with Crippen LogP contribution in [0.2, 0.25) is 0 Å². The lowest BCUT2D eigenvalue weighted by Crippen LogP contribution is -2.11. The lowest BCUT2D eigenvalue weighted by molar-refractivity contribution is 0.0922. The number of aryl methyl sites for hydroxylation is 1. The van der Waals surface area contributed by atoms with Gasteiger partial charge in [-0.3, -0.25) is 4.79 Å². The minimum Gasteiger partial charge on any atom is -0.487 e. The molecule has 0 spiro atoms. The predicted octanol–water partition coefficient (Wildman–Crippen LogP) is 7.92. The highest BCUT2D eigenvalue weighted by Gasteiger charge is 2.20. The zero-order valence-electron chi connectivity index (χ0n) is 20.1. The van der Waals surface area contributed by atoms with E-state index in [1.54, 1.807) is 0 Å². The highest BCUT2D eigenvalue weighted by Crippen LogP contribution is 2.47. The van der Waals surface area contributed by atoms with Crippen molar-refractivity contribution in [1.29, 1.82) is 0 Å². The number of fused-ring (bicyclic) bond motifs is 2. The normalized spacial score (nSPS) is 12.1. The van der Waals surface area contributed by atoms with Gasteiger partial charge in [-0.25, -0.2) is 4.98 Å². The highest BCUT2D eigenvalue weighted by atomic mass is 16.6. The first-order chi connectivity index (χ1) is 16.5. The van der Waals surface area contributed by atoms with E-state index in [1.807, 2.05) is 86.6 Å². The van der Waals surface area contributed by atoms with Gasteiger partial charge in [-0.15, -0.1) is 0 Å². The van der Waals surface area contributed by atoms with Crippen LogP contribution in [0.5, 0.6) is 17.2 Å². The molecule has 0 fully saturated rings. The summed E-state index contributed by atoms with van der Waals surface area (Å²) in [5.41, 5.74) is 3.79. The number of hydrogen-bond donors (Lipinski definition) is 0. The fraction of sp³-hybridized carbons (Fsp3) is 0.267. The summed E-state index contributed by atoms with van der Waals surface area (Å²) < 4.78 is 10.9. The van der Waals surface area contributed by atoms with E-state index in [0.29, 0.717) is 12.4 Å². The van der Waals surface area contributed by atoms with Gasteiger partial charge in [0.1, 0.15) is 12.4 Å². The molecule has 1 aromatic heterocycles. The molecule has 4 nitrogen and oxygen atoms in total. The number of Topliss-reactive ketones (excluding diaryl/α,β-unsaturated/α-hetero) is 1. The molecule has 0 aliphatic carbocycles. The molecular weight excluding hydrogens is 422 g/mol. The van der Waals surface area contributed by atoms with Crippen molar-refractivity contribution in [1.82, 2.24) is 4.98 Å².